The molecule has 1 atom stereocenters. The zero-order chi connectivity index (χ0) is 46.5. The Labute approximate surface area is 392 Å². The van der Waals surface area contributed by atoms with Crippen LogP contribution >= 0.6 is 0 Å². The highest BCUT2D eigenvalue weighted by atomic mass is 16.6. The number of hydrogen-bond donors (Lipinski definition) is 0. The molecule has 6 heteroatoms. The van der Waals surface area contributed by atoms with Gasteiger partial charge in [-0.1, -0.05) is 231 Å². The maximum atomic E-state index is 12.8. The van der Waals surface area contributed by atoms with Gasteiger partial charge in [0.15, 0.2) is 6.10 Å². The van der Waals surface area contributed by atoms with Gasteiger partial charge in [-0.15, -0.1) is 0 Å². The minimum absolute atomic E-state index is 0.124. The van der Waals surface area contributed by atoms with E-state index in [2.05, 4.69) is 75.5 Å². The zero-order valence-electron chi connectivity index (χ0n) is 40.7. The smallest absolute Gasteiger partial charge is 0.306 e. The van der Waals surface area contributed by atoms with Crippen molar-refractivity contribution in [3.05, 3.63) is 134 Å². The average molecular weight is 883 g/mol. The summed E-state index contributed by atoms with van der Waals surface area (Å²) in [6, 6.07) is 0. The molecule has 0 aliphatic rings. The fourth-order valence-corrected chi connectivity index (χ4v) is 6.35. The van der Waals surface area contributed by atoms with Gasteiger partial charge in [0.1, 0.15) is 13.2 Å². The van der Waals surface area contributed by atoms with E-state index in [1.807, 2.05) is 79.0 Å². The minimum Gasteiger partial charge on any atom is -0.462 e. The molecule has 0 radical (unpaired) electrons. The highest BCUT2D eigenvalue weighted by molar-refractivity contribution is 5.71. The summed E-state index contributed by atoms with van der Waals surface area (Å²) in [4.78, 5) is 37.9. The predicted molar refractivity (Wildman–Crippen MR) is 274 cm³/mol. The highest BCUT2D eigenvalue weighted by Gasteiger charge is 2.19. The van der Waals surface area contributed by atoms with Gasteiger partial charge in [0, 0.05) is 19.3 Å². The van der Waals surface area contributed by atoms with Crippen molar-refractivity contribution in [2.75, 3.05) is 13.2 Å². The SMILES string of the molecule is CC/C=C/C=C/C=C/C=C/C=C/CCCC(=O)OCC(COC(=O)CCCCCCC/C=C/C=C/CCCCCCCCC)OC(=O)CCCCCCC/C=C/C=C/C=C/C=C/CC. The first-order chi connectivity index (χ1) is 31.5. The molecule has 6 nitrogen and oxygen atoms in total. The molecule has 0 N–H and O–H groups in total. The fraction of sp³-hybridized carbons (Fsp3) is 0.569. The molecule has 0 saturated heterocycles. The van der Waals surface area contributed by atoms with E-state index < -0.39 is 6.10 Å². The normalized spacial score (nSPS) is 13.2. The molecule has 0 heterocycles. The molecule has 0 fully saturated rings. The molecule has 0 bridgehead atoms. The van der Waals surface area contributed by atoms with Crippen molar-refractivity contribution in [1.82, 2.24) is 0 Å². The minimum atomic E-state index is -0.830. The maximum absolute atomic E-state index is 12.8. The van der Waals surface area contributed by atoms with Gasteiger partial charge in [0.05, 0.1) is 0 Å². The van der Waals surface area contributed by atoms with E-state index in [1.54, 1.807) is 0 Å². The van der Waals surface area contributed by atoms with Crippen molar-refractivity contribution < 1.29 is 28.6 Å². The topological polar surface area (TPSA) is 78.9 Å². The lowest BCUT2D eigenvalue weighted by atomic mass is 10.1. The number of hydrogen-bond acceptors (Lipinski definition) is 6. The van der Waals surface area contributed by atoms with E-state index in [4.69, 9.17) is 14.2 Å². The second kappa shape index (κ2) is 51.2. The summed E-state index contributed by atoms with van der Waals surface area (Å²) in [6.45, 7) is 6.23. The van der Waals surface area contributed by atoms with Gasteiger partial charge in [-0.05, 0) is 77.0 Å². The second-order valence-corrected chi connectivity index (χ2v) is 16.2. The van der Waals surface area contributed by atoms with Crippen molar-refractivity contribution in [3.63, 3.8) is 0 Å². The van der Waals surface area contributed by atoms with Crippen LogP contribution in [-0.2, 0) is 28.6 Å². The van der Waals surface area contributed by atoms with Gasteiger partial charge < -0.3 is 14.2 Å². The summed E-state index contributed by atoms with van der Waals surface area (Å²) in [7, 11) is 0. The summed E-state index contributed by atoms with van der Waals surface area (Å²) in [6.07, 6.45) is 71.5. The van der Waals surface area contributed by atoms with Crippen molar-refractivity contribution in [1.29, 1.82) is 0 Å². The van der Waals surface area contributed by atoms with E-state index in [0.717, 1.165) is 96.3 Å². The summed E-state index contributed by atoms with van der Waals surface area (Å²) in [5.74, 6) is -1.05. The number of ether oxygens (including phenoxy) is 3. The molecule has 0 amide bonds. The third-order valence-corrected chi connectivity index (χ3v) is 10.1. The van der Waals surface area contributed by atoms with Crippen LogP contribution in [0.5, 0.6) is 0 Å². The summed E-state index contributed by atoms with van der Waals surface area (Å²) >= 11 is 0. The van der Waals surface area contributed by atoms with Crippen LogP contribution in [0, 0.1) is 0 Å². The van der Waals surface area contributed by atoms with E-state index in [0.29, 0.717) is 12.8 Å². The molecule has 358 valence electrons. The predicted octanol–water partition coefficient (Wildman–Crippen LogP) is 16.7. The zero-order valence-corrected chi connectivity index (χ0v) is 40.7. The van der Waals surface area contributed by atoms with Crippen LogP contribution in [0.2, 0.25) is 0 Å². The number of unbranched alkanes of at least 4 members (excludes halogenated alkanes) is 18. The first-order valence-corrected chi connectivity index (χ1v) is 25.3. The van der Waals surface area contributed by atoms with Gasteiger partial charge in [-0.3, -0.25) is 14.4 Å². The maximum Gasteiger partial charge on any atom is 0.306 e. The number of rotatable bonds is 43. The first-order valence-electron chi connectivity index (χ1n) is 25.3. The van der Waals surface area contributed by atoms with E-state index in [-0.39, 0.29) is 44.0 Å². The Kier molecular flexibility index (Phi) is 47.6. The molecule has 64 heavy (non-hydrogen) atoms. The summed E-state index contributed by atoms with van der Waals surface area (Å²) < 4.78 is 16.7. The Balaban J connectivity index is 4.56. The molecule has 0 aromatic carbocycles. The van der Waals surface area contributed by atoms with Gasteiger partial charge >= 0.3 is 17.9 Å². The van der Waals surface area contributed by atoms with Crippen LogP contribution in [0.15, 0.2) is 134 Å². The molecule has 1 unspecified atom stereocenters. The number of allylic oxidation sites excluding steroid dienone is 22. The van der Waals surface area contributed by atoms with Gasteiger partial charge in [-0.25, -0.2) is 0 Å². The first kappa shape index (κ1) is 59.5. The molecule has 0 aromatic heterocycles. The Bertz CT molecular complexity index is 1430. The van der Waals surface area contributed by atoms with E-state index in [1.165, 1.54) is 51.4 Å². The highest BCUT2D eigenvalue weighted by Crippen LogP contribution is 2.13. The third-order valence-electron chi connectivity index (χ3n) is 10.1. The molecule has 0 aromatic rings. The van der Waals surface area contributed by atoms with E-state index in [9.17, 15) is 14.4 Å². The second-order valence-electron chi connectivity index (χ2n) is 16.2. The van der Waals surface area contributed by atoms with Crippen LogP contribution in [0.25, 0.3) is 0 Å². The van der Waals surface area contributed by atoms with Crippen LogP contribution in [-0.4, -0.2) is 37.2 Å². The lowest BCUT2D eigenvalue weighted by Gasteiger charge is -2.18. The lowest BCUT2D eigenvalue weighted by molar-refractivity contribution is -0.167. The van der Waals surface area contributed by atoms with Crippen LogP contribution in [0.4, 0.5) is 0 Å². The van der Waals surface area contributed by atoms with Crippen LogP contribution in [0.3, 0.4) is 0 Å². The van der Waals surface area contributed by atoms with Crippen molar-refractivity contribution in [2.24, 2.45) is 0 Å². The third kappa shape index (κ3) is 48.6. The Morgan fingerprint density at radius 1 is 0.328 bits per heavy atom. The molecule has 0 saturated carbocycles. The largest absolute Gasteiger partial charge is 0.462 e. The monoisotopic (exact) mass is 883 g/mol. The number of carbonyl (C=O) groups excluding carboxylic acids is 3. The van der Waals surface area contributed by atoms with E-state index >= 15 is 0 Å². The van der Waals surface area contributed by atoms with Crippen molar-refractivity contribution in [2.45, 2.75) is 200 Å². The lowest BCUT2D eigenvalue weighted by Crippen LogP contribution is -2.30. The Morgan fingerprint density at radius 2 is 0.625 bits per heavy atom. The molecule has 0 aliphatic carbocycles. The fourth-order valence-electron chi connectivity index (χ4n) is 6.35. The van der Waals surface area contributed by atoms with Crippen molar-refractivity contribution in [3.8, 4) is 0 Å². The molecule has 0 spiro atoms. The Morgan fingerprint density at radius 3 is 1.03 bits per heavy atom. The number of esters is 3. The molecular weight excluding hydrogens is 793 g/mol. The molecular formula is C58H90O6. The number of carbonyl (C=O) groups is 3. The Hall–Kier alpha value is -4.45. The average Bonchev–Trinajstić information content (AvgIpc) is 3.29. The van der Waals surface area contributed by atoms with Gasteiger partial charge in [0.25, 0.3) is 0 Å². The molecule has 0 aliphatic heterocycles. The van der Waals surface area contributed by atoms with Crippen molar-refractivity contribution >= 4 is 17.9 Å². The van der Waals surface area contributed by atoms with Crippen LogP contribution in [0.1, 0.15) is 194 Å². The summed E-state index contributed by atoms with van der Waals surface area (Å²) in [5.41, 5.74) is 0. The summed E-state index contributed by atoms with van der Waals surface area (Å²) in [5, 5.41) is 0. The van der Waals surface area contributed by atoms with Crippen LogP contribution < -0.4 is 0 Å². The van der Waals surface area contributed by atoms with Gasteiger partial charge in [-0.2, -0.15) is 0 Å². The van der Waals surface area contributed by atoms with Gasteiger partial charge in [0.2, 0.25) is 0 Å². The standard InChI is InChI=1S/C58H90O6/c1-4-7-10-13-16-19-22-25-27-28-29-31-33-36-39-42-45-48-51-57(60)63-54-55(53-62-56(59)50-47-44-41-38-35-32-24-21-18-15-12-9-6-3)64-58(61)52-49-46-43-40-37-34-30-26-23-20-17-14-11-8-5-2/h8-9,11-12,14-15,17-18,20-21,23-24,26-32,35,38,41,55H,4-7,10,13,16,19,22,25,33-34,36-37,39-40,42-54H2,1-3H3/b11-8+,12-9+,17-14+,18-15+,23-20+,24-21+,28-27+,30-26+,31-29+,35-32+,41-38+. The quantitative estimate of drug-likeness (QED) is 0.0263. The molecule has 0 rings (SSSR count).